The summed E-state index contributed by atoms with van der Waals surface area (Å²) < 4.78 is 0. The smallest absolute Gasteiger partial charge is 0.257 e. The van der Waals surface area contributed by atoms with E-state index in [9.17, 15) is 9.90 Å². The van der Waals surface area contributed by atoms with Gasteiger partial charge in [0.1, 0.15) is 5.75 Å². The summed E-state index contributed by atoms with van der Waals surface area (Å²) >= 11 is 9.32. The lowest BCUT2D eigenvalue weighted by atomic mass is 10.0. The zero-order chi connectivity index (χ0) is 13.3. The van der Waals surface area contributed by atoms with Crippen molar-refractivity contribution in [1.29, 1.82) is 0 Å². The zero-order valence-corrected chi connectivity index (χ0v) is 12.4. The summed E-state index contributed by atoms with van der Waals surface area (Å²) in [5.74, 6) is 0.302. The first-order valence-electron chi connectivity index (χ1n) is 5.90. The number of phenolic OH excluding ortho intramolecular Hbond substituents is 1. The Balaban J connectivity index is 2.28. The Kier molecular flexibility index (Phi) is 4.17. The number of halogens is 2. The molecule has 0 aromatic heterocycles. The highest BCUT2D eigenvalue weighted by Crippen LogP contribution is 2.30. The second-order valence-electron chi connectivity index (χ2n) is 4.65. The van der Waals surface area contributed by atoms with Gasteiger partial charge in [0.15, 0.2) is 0 Å². The van der Waals surface area contributed by atoms with Crippen molar-refractivity contribution in [1.82, 2.24) is 4.90 Å². The third-order valence-electron chi connectivity index (χ3n) is 3.49. The van der Waals surface area contributed by atoms with E-state index in [4.69, 9.17) is 11.6 Å². The van der Waals surface area contributed by atoms with Gasteiger partial charge in [0.25, 0.3) is 5.91 Å². The van der Waals surface area contributed by atoms with Crippen LogP contribution >= 0.6 is 27.5 Å². The Morgan fingerprint density at radius 3 is 3.00 bits per heavy atom. The van der Waals surface area contributed by atoms with Gasteiger partial charge in [-0.05, 0) is 30.5 Å². The SMILES string of the molecule is CC1CCN(C(=O)c2cc(Cl)ccc2O)C1CBr. The van der Waals surface area contributed by atoms with Crippen LogP contribution in [0.5, 0.6) is 5.75 Å². The van der Waals surface area contributed by atoms with Crippen molar-refractivity contribution in [3.05, 3.63) is 28.8 Å². The average molecular weight is 333 g/mol. The van der Waals surface area contributed by atoms with Crippen LogP contribution in [0.4, 0.5) is 0 Å². The van der Waals surface area contributed by atoms with Gasteiger partial charge in [-0.1, -0.05) is 34.5 Å². The number of benzene rings is 1. The van der Waals surface area contributed by atoms with E-state index in [-0.39, 0.29) is 23.3 Å². The molecule has 0 radical (unpaired) electrons. The summed E-state index contributed by atoms with van der Waals surface area (Å²) in [5, 5.41) is 11.0. The van der Waals surface area contributed by atoms with Crippen molar-refractivity contribution in [2.45, 2.75) is 19.4 Å². The summed E-state index contributed by atoms with van der Waals surface area (Å²) in [7, 11) is 0. The molecule has 0 saturated carbocycles. The molecule has 1 aliphatic rings. The van der Waals surface area contributed by atoms with Gasteiger partial charge in [0, 0.05) is 22.9 Å². The number of nitrogens with zero attached hydrogens (tertiary/aromatic N) is 1. The van der Waals surface area contributed by atoms with Crippen LogP contribution in [0.25, 0.3) is 0 Å². The lowest BCUT2D eigenvalue weighted by Crippen LogP contribution is -2.38. The van der Waals surface area contributed by atoms with E-state index < -0.39 is 0 Å². The van der Waals surface area contributed by atoms with Crippen LogP contribution in [0, 0.1) is 5.92 Å². The van der Waals surface area contributed by atoms with Gasteiger partial charge >= 0.3 is 0 Å². The molecule has 2 atom stereocenters. The van der Waals surface area contributed by atoms with Gasteiger partial charge in [0.05, 0.1) is 5.56 Å². The average Bonchev–Trinajstić information content (AvgIpc) is 2.72. The number of aromatic hydroxyl groups is 1. The molecule has 0 spiro atoms. The van der Waals surface area contributed by atoms with Gasteiger partial charge in [-0.2, -0.15) is 0 Å². The largest absolute Gasteiger partial charge is 0.507 e. The molecule has 1 N–H and O–H groups in total. The number of carbonyl (C=O) groups excluding carboxylic acids is 1. The van der Waals surface area contributed by atoms with Gasteiger partial charge in [-0.25, -0.2) is 0 Å². The third-order valence-corrected chi connectivity index (χ3v) is 4.39. The molecule has 2 unspecified atom stereocenters. The molecular weight excluding hydrogens is 318 g/mol. The van der Waals surface area contributed by atoms with E-state index in [0.717, 1.165) is 18.3 Å². The van der Waals surface area contributed by atoms with Crippen LogP contribution in [0.3, 0.4) is 0 Å². The van der Waals surface area contributed by atoms with Crippen molar-refractivity contribution >= 4 is 33.4 Å². The number of amides is 1. The summed E-state index contributed by atoms with van der Waals surface area (Å²) in [6, 6.07) is 4.73. The highest BCUT2D eigenvalue weighted by Gasteiger charge is 2.34. The Morgan fingerprint density at radius 1 is 1.61 bits per heavy atom. The van der Waals surface area contributed by atoms with Crippen LogP contribution in [0.15, 0.2) is 18.2 Å². The Morgan fingerprint density at radius 2 is 2.33 bits per heavy atom. The Labute approximate surface area is 120 Å². The quantitative estimate of drug-likeness (QED) is 0.844. The number of alkyl halides is 1. The molecule has 1 fully saturated rings. The maximum atomic E-state index is 12.4. The molecule has 2 rings (SSSR count). The van der Waals surface area contributed by atoms with Crippen molar-refractivity contribution < 1.29 is 9.90 Å². The van der Waals surface area contributed by atoms with E-state index in [2.05, 4.69) is 22.9 Å². The number of rotatable bonds is 2. The number of hydrogen-bond acceptors (Lipinski definition) is 2. The molecule has 1 aliphatic heterocycles. The second kappa shape index (κ2) is 5.49. The van der Waals surface area contributed by atoms with Crippen molar-refractivity contribution in [3.8, 4) is 5.75 Å². The standard InChI is InChI=1S/C13H15BrClNO2/c1-8-4-5-16(11(8)7-14)13(18)10-6-9(15)2-3-12(10)17/h2-3,6,8,11,17H,4-5,7H2,1H3. The number of hydrogen-bond donors (Lipinski definition) is 1. The lowest BCUT2D eigenvalue weighted by Gasteiger charge is -2.25. The molecule has 5 heteroatoms. The first-order chi connectivity index (χ1) is 8.54. The monoisotopic (exact) mass is 331 g/mol. The fourth-order valence-corrected chi connectivity index (χ4v) is 3.49. The summed E-state index contributed by atoms with van der Waals surface area (Å²) in [6.07, 6.45) is 0.989. The first-order valence-corrected chi connectivity index (χ1v) is 7.40. The molecule has 1 heterocycles. The number of likely N-dealkylation sites (tertiary alicyclic amines) is 1. The Bertz CT molecular complexity index is 466. The first kappa shape index (κ1) is 13.7. The lowest BCUT2D eigenvalue weighted by molar-refractivity contribution is 0.0735. The molecule has 1 saturated heterocycles. The van der Waals surface area contributed by atoms with Crippen LogP contribution in [-0.4, -0.2) is 33.8 Å². The maximum Gasteiger partial charge on any atom is 0.257 e. The fourth-order valence-electron chi connectivity index (χ4n) is 2.33. The van der Waals surface area contributed by atoms with E-state index in [1.165, 1.54) is 12.1 Å². The minimum atomic E-state index is -0.149. The maximum absolute atomic E-state index is 12.4. The van der Waals surface area contributed by atoms with Crippen molar-refractivity contribution in [2.24, 2.45) is 5.92 Å². The molecule has 3 nitrogen and oxygen atoms in total. The van der Waals surface area contributed by atoms with Crippen molar-refractivity contribution in [2.75, 3.05) is 11.9 Å². The highest BCUT2D eigenvalue weighted by atomic mass is 79.9. The second-order valence-corrected chi connectivity index (χ2v) is 5.73. The minimum Gasteiger partial charge on any atom is -0.507 e. The molecule has 0 bridgehead atoms. The fraction of sp³-hybridized carbons (Fsp3) is 0.462. The predicted octanol–water partition coefficient (Wildman–Crippen LogP) is 3.29. The van der Waals surface area contributed by atoms with E-state index in [0.29, 0.717) is 10.9 Å². The molecule has 0 aliphatic carbocycles. The molecular formula is C13H15BrClNO2. The number of carbonyl (C=O) groups is 1. The van der Waals surface area contributed by atoms with Crippen LogP contribution in [0.2, 0.25) is 5.02 Å². The normalized spacial score (nSPS) is 23.4. The number of phenols is 1. The van der Waals surface area contributed by atoms with Gasteiger partial charge in [-0.15, -0.1) is 0 Å². The minimum absolute atomic E-state index is 0.0164. The van der Waals surface area contributed by atoms with Crippen LogP contribution in [0.1, 0.15) is 23.7 Å². The zero-order valence-electron chi connectivity index (χ0n) is 10.1. The van der Waals surface area contributed by atoms with E-state index in [1.54, 1.807) is 6.07 Å². The summed E-state index contributed by atoms with van der Waals surface area (Å²) in [6.45, 7) is 2.86. The van der Waals surface area contributed by atoms with Gasteiger partial charge < -0.3 is 10.0 Å². The molecule has 1 aromatic rings. The van der Waals surface area contributed by atoms with Crippen molar-refractivity contribution in [3.63, 3.8) is 0 Å². The molecule has 18 heavy (non-hydrogen) atoms. The van der Waals surface area contributed by atoms with Crippen LogP contribution in [-0.2, 0) is 0 Å². The van der Waals surface area contributed by atoms with E-state index >= 15 is 0 Å². The van der Waals surface area contributed by atoms with Gasteiger partial charge in [0.2, 0.25) is 0 Å². The van der Waals surface area contributed by atoms with E-state index in [1.807, 2.05) is 4.90 Å². The summed E-state index contributed by atoms with van der Waals surface area (Å²) in [4.78, 5) is 14.2. The third kappa shape index (κ3) is 2.50. The Hall–Kier alpha value is -0.740. The molecule has 1 amide bonds. The highest BCUT2D eigenvalue weighted by molar-refractivity contribution is 9.09. The molecule has 1 aromatic carbocycles. The topological polar surface area (TPSA) is 40.5 Å². The predicted molar refractivity (Wildman–Crippen MR) is 75.5 cm³/mol. The van der Waals surface area contributed by atoms with Crippen LogP contribution < -0.4 is 0 Å². The molecule has 98 valence electrons. The summed E-state index contributed by atoms with van der Waals surface area (Å²) in [5.41, 5.74) is 0.280. The van der Waals surface area contributed by atoms with Gasteiger partial charge in [-0.3, -0.25) is 4.79 Å².